The van der Waals surface area contributed by atoms with Gasteiger partial charge in [0.15, 0.2) is 0 Å². The molecule has 4 aromatic rings. The summed E-state index contributed by atoms with van der Waals surface area (Å²) in [5.74, 6) is -2.62. The summed E-state index contributed by atoms with van der Waals surface area (Å²) in [4.78, 5) is 23.5. The van der Waals surface area contributed by atoms with Crippen molar-refractivity contribution >= 4 is 41.4 Å². The number of anilines is 1. The smallest absolute Gasteiger partial charge is 0.340 e. The van der Waals surface area contributed by atoms with E-state index >= 15 is 0 Å². The van der Waals surface area contributed by atoms with Gasteiger partial charge in [0, 0.05) is 29.6 Å². The van der Waals surface area contributed by atoms with Crippen LogP contribution in [0.25, 0.3) is 33.4 Å². The standard InChI is InChI=1S/C23H16FNO5S/c1-25(31)18-11-19-17(10-16(18)13-3-2-4-14(9-13)22(26)27)20(23(28)29)21(30-19)12-5-7-15(24)8-6-12/h2-11,31H,1H3,(H,26,27)(H,28,29). The van der Waals surface area contributed by atoms with Crippen LogP contribution in [0.3, 0.4) is 0 Å². The van der Waals surface area contributed by atoms with Gasteiger partial charge in [0.05, 0.1) is 11.3 Å². The minimum Gasteiger partial charge on any atom is -0.478 e. The van der Waals surface area contributed by atoms with Gasteiger partial charge >= 0.3 is 11.9 Å². The molecule has 8 heteroatoms. The molecule has 6 nitrogen and oxygen atoms in total. The number of benzene rings is 3. The highest BCUT2D eigenvalue weighted by molar-refractivity contribution is 7.81. The topological polar surface area (TPSA) is 91.0 Å². The number of nitrogens with zero attached hydrogens (tertiary/aromatic N) is 1. The van der Waals surface area contributed by atoms with Crippen LogP contribution in [0.5, 0.6) is 0 Å². The van der Waals surface area contributed by atoms with E-state index in [1.807, 2.05) is 0 Å². The predicted octanol–water partition coefficient (Wildman–Crippen LogP) is 5.58. The lowest BCUT2D eigenvalue weighted by Crippen LogP contribution is -2.04. The Kier molecular flexibility index (Phi) is 5.16. The summed E-state index contributed by atoms with van der Waals surface area (Å²) in [6, 6.07) is 15.0. The second-order valence-corrected chi connectivity index (χ2v) is 7.49. The fourth-order valence-electron chi connectivity index (χ4n) is 3.47. The van der Waals surface area contributed by atoms with Crippen molar-refractivity contribution in [3.8, 4) is 22.5 Å². The molecule has 0 bridgehead atoms. The lowest BCUT2D eigenvalue weighted by molar-refractivity contribution is 0.0687. The van der Waals surface area contributed by atoms with E-state index in [0.29, 0.717) is 33.3 Å². The van der Waals surface area contributed by atoms with E-state index < -0.39 is 17.8 Å². The van der Waals surface area contributed by atoms with Gasteiger partial charge < -0.3 is 18.9 Å². The normalized spacial score (nSPS) is 10.9. The number of hydrogen-bond donors (Lipinski definition) is 3. The minimum absolute atomic E-state index is 0.0642. The van der Waals surface area contributed by atoms with Gasteiger partial charge in [0.25, 0.3) is 0 Å². The lowest BCUT2D eigenvalue weighted by atomic mass is 9.97. The van der Waals surface area contributed by atoms with Crippen molar-refractivity contribution in [2.24, 2.45) is 0 Å². The number of aromatic carboxylic acids is 2. The summed E-state index contributed by atoms with van der Waals surface area (Å²) in [6.07, 6.45) is 0. The van der Waals surface area contributed by atoms with Crippen LogP contribution >= 0.6 is 12.8 Å². The molecule has 1 aromatic heterocycles. The molecule has 4 rings (SSSR count). The first kappa shape index (κ1) is 20.5. The van der Waals surface area contributed by atoms with Crippen molar-refractivity contribution in [1.82, 2.24) is 0 Å². The molecule has 156 valence electrons. The molecule has 0 fully saturated rings. The van der Waals surface area contributed by atoms with E-state index in [-0.39, 0.29) is 16.9 Å². The summed E-state index contributed by atoms with van der Waals surface area (Å²) in [6.45, 7) is 0. The molecule has 0 aliphatic rings. The van der Waals surface area contributed by atoms with Crippen LogP contribution in [0, 0.1) is 5.82 Å². The van der Waals surface area contributed by atoms with E-state index in [0.717, 1.165) is 0 Å². The van der Waals surface area contributed by atoms with Crippen LogP contribution in [-0.2, 0) is 0 Å². The zero-order valence-corrected chi connectivity index (χ0v) is 17.1. The fraction of sp³-hybridized carbons (Fsp3) is 0.0435. The van der Waals surface area contributed by atoms with Gasteiger partial charge in [-0.3, -0.25) is 0 Å². The Bertz CT molecular complexity index is 1330. The van der Waals surface area contributed by atoms with Crippen LogP contribution in [0.1, 0.15) is 20.7 Å². The van der Waals surface area contributed by atoms with Crippen molar-refractivity contribution < 1.29 is 28.6 Å². The van der Waals surface area contributed by atoms with Crippen LogP contribution in [0.2, 0.25) is 0 Å². The van der Waals surface area contributed by atoms with Gasteiger partial charge in [-0.1, -0.05) is 24.9 Å². The van der Waals surface area contributed by atoms with Gasteiger partial charge in [0.1, 0.15) is 22.7 Å². The molecular formula is C23H16FNO5S. The maximum absolute atomic E-state index is 13.3. The summed E-state index contributed by atoms with van der Waals surface area (Å²) >= 11 is 4.37. The average molecular weight is 437 g/mol. The van der Waals surface area contributed by atoms with E-state index in [1.54, 1.807) is 31.3 Å². The number of carboxylic acids is 2. The zero-order chi connectivity index (χ0) is 22.3. The van der Waals surface area contributed by atoms with Crippen molar-refractivity contribution in [3.05, 3.63) is 77.6 Å². The average Bonchev–Trinajstić information content (AvgIpc) is 3.12. The highest BCUT2D eigenvalue weighted by Crippen LogP contribution is 2.41. The molecule has 0 spiro atoms. The second kappa shape index (κ2) is 7.81. The molecular weight excluding hydrogens is 421 g/mol. The first-order valence-corrected chi connectivity index (χ1v) is 9.52. The Balaban J connectivity index is 2.02. The summed E-state index contributed by atoms with van der Waals surface area (Å²) in [5, 5.41) is 19.6. The fourth-order valence-corrected chi connectivity index (χ4v) is 3.63. The molecule has 0 radical (unpaired) electrons. The quantitative estimate of drug-likeness (QED) is 0.353. The predicted molar refractivity (Wildman–Crippen MR) is 118 cm³/mol. The van der Waals surface area contributed by atoms with Gasteiger partial charge in [-0.15, -0.1) is 0 Å². The van der Waals surface area contributed by atoms with E-state index in [1.165, 1.54) is 40.7 Å². The maximum atomic E-state index is 13.3. The Morgan fingerprint density at radius 2 is 1.68 bits per heavy atom. The zero-order valence-electron chi connectivity index (χ0n) is 16.2. The second-order valence-electron chi connectivity index (χ2n) is 6.89. The third kappa shape index (κ3) is 3.73. The number of fused-ring (bicyclic) bond motifs is 1. The number of thiol groups is 1. The van der Waals surface area contributed by atoms with Crippen LogP contribution in [-0.4, -0.2) is 29.2 Å². The number of furan rings is 1. The summed E-state index contributed by atoms with van der Waals surface area (Å²) < 4.78 is 20.7. The molecule has 1 heterocycles. The molecule has 0 aliphatic carbocycles. The Hall–Kier alpha value is -3.78. The van der Waals surface area contributed by atoms with E-state index in [2.05, 4.69) is 12.8 Å². The van der Waals surface area contributed by atoms with Crippen LogP contribution < -0.4 is 4.31 Å². The van der Waals surface area contributed by atoms with E-state index in [9.17, 15) is 24.2 Å². The first-order valence-electron chi connectivity index (χ1n) is 9.12. The highest BCUT2D eigenvalue weighted by atomic mass is 32.1. The lowest BCUT2D eigenvalue weighted by Gasteiger charge is -2.17. The molecule has 0 aliphatic heterocycles. The number of halogens is 1. The SMILES string of the molecule is CN(S)c1cc2oc(-c3ccc(F)cc3)c(C(=O)O)c2cc1-c1cccc(C(=O)O)c1. The molecule has 2 N–H and O–H groups in total. The minimum atomic E-state index is -1.20. The number of carboxylic acid groups (broad SMARTS) is 2. The molecule has 3 aromatic carbocycles. The Morgan fingerprint density at radius 1 is 0.968 bits per heavy atom. The van der Waals surface area contributed by atoms with Crippen molar-refractivity contribution in [3.63, 3.8) is 0 Å². The Morgan fingerprint density at radius 3 is 2.29 bits per heavy atom. The van der Waals surface area contributed by atoms with Crippen molar-refractivity contribution in [1.29, 1.82) is 0 Å². The molecule has 31 heavy (non-hydrogen) atoms. The van der Waals surface area contributed by atoms with Gasteiger partial charge in [-0.05, 0) is 48.0 Å². The molecule has 0 saturated carbocycles. The summed E-state index contributed by atoms with van der Waals surface area (Å²) in [5.41, 5.74) is 2.53. The third-order valence-electron chi connectivity index (χ3n) is 4.90. The maximum Gasteiger partial charge on any atom is 0.340 e. The molecule has 0 atom stereocenters. The number of hydrogen-bond acceptors (Lipinski definition) is 5. The largest absolute Gasteiger partial charge is 0.478 e. The van der Waals surface area contributed by atoms with Crippen LogP contribution in [0.4, 0.5) is 10.1 Å². The summed E-state index contributed by atoms with van der Waals surface area (Å²) in [7, 11) is 1.69. The van der Waals surface area contributed by atoms with Crippen molar-refractivity contribution in [2.45, 2.75) is 0 Å². The van der Waals surface area contributed by atoms with Gasteiger partial charge in [-0.25, -0.2) is 14.0 Å². The Labute approximate surface area is 181 Å². The molecule has 0 saturated heterocycles. The van der Waals surface area contributed by atoms with Gasteiger partial charge in [0.2, 0.25) is 0 Å². The molecule has 0 unspecified atom stereocenters. The first-order chi connectivity index (χ1) is 14.8. The monoisotopic (exact) mass is 437 g/mol. The third-order valence-corrected chi connectivity index (χ3v) is 5.11. The highest BCUT2D eigenvalue weighted by Gasteiger charge is 2.24. The van der Waals surface area contributed by atoms with Crippen molar-refractivity contribution in [2.75, 3.05) is 11.4 Å². The van der Waals surface area contributed by atoms with Gasteiger partial charge in [-0.2, -0.15) is 0 Å². The molecule has 0 amide bonds. The number of rotatable bonds is 5. The van der Waals surface area contributed by atoms with E-state index in [4.69, 9.17) is 4.42 Å². The number of carbonyl (C=O) groups is 2. The van der Waals surface area contributed by atoms with Crippen LogP contribution in [0.15, 0.2) is 65.1 Å².